The summed E-state index contributed by atoms with van der Waals surface area (Å²) in [5, 5.41) is 12.1. The molecule has 0 atom stereocenters. The van der Waals surface area contributed by atoms with E-state index < -0.39 is 5.91 Å². The zero-order chi connectivity index (χ0) is 18.5. The van der Waals surface area contributed by atoms with Crippen molar-refractivity contribution in [2.75, 3.05) is 13.1 Å². The highest BCUT2D eigenvalue weighted by atomic mass is 35.5. The first-order chi connectivity index (χ1) is 12.6. The Kier molecular flexibility index (Phi) is 5.50. The summed E-state index contributed by atoms with van der Waals surface area (Å²) >= 11 is 5.90. The molecule has 1 heterocycles. The minimum absolute atomic E-state index is 0.242. The molecule has 1 aliphatic rings. The molecule has 1 aliphatic heterocycles. The van der Waals surface area contributed by atoms with Crippen LogP contribution in [0, 0.1) is 0 Å². The van der Waals surface area contributed by atoms with Gasteiger partial charge in [-0.3, -0.25) is 19.9 Å². The predicted octanol–water partition coefficient (Wildman–Crippen LogP) is 2.43. The topological polar surface area (TPSA) is 94.0 Å². The molecular formula is C18H17ClN4O3. The van der Waals surface area contributed by atoms with E-state index in [0.717, 1.165) is 11.1 Å². The molecule has 0 bridgehead atoms. The molecular weight excluding hydrogens is 356 g/mol. The lowest BCUT2D eigenvalue weighted by Crippen LogP contribution is -2.42. The number of halogens is 1. The number of nitrogens with zero attached hydrogens (tertiary/aromatic N) is 2. The van der Waals surface area contributed by atoms with Crippen molar-refractivity contribution in [3.8, 4) is 0 Å². The standard InChI is InChI=1S/C18H17ClN4O3/c19-15-7-5-13(6-8-15)16-20-9-10-23(16)18(25)21-11-12-1-3-14(4-2-12)17(24)22-26/h1-8,26H,9-11H2,(H,21,25)(H,22,24). The van der Waals surface area contributed by atoms with Gasteiger partial charge in [-0.05, 0) is 42.0 Å². The Morgan fingerprint density at radius 1 is 1.12 bits per heavy atom. The van der Waals surface area contributed by atoms with Gasteiger partial charge in [0.2, 0.25) is 0 Å². The third-order valence-electron chi connectivity index (χ3n) is 3.95. The molecule has 7 nitrogen and oxygen atoms in total. The third kappa shape index (κ3) is 4.01. The van der Waals surface area contributed by atoms with Gasteiger partial charge in [-0.1, -0.05) is 23.7 Å². The van der Waals surface area contributed by atoms with Gasteiger partial charge >= 0.3 is 6.03 Å². The summed E-state index contributed by atoms with van der Waals surface area (Å²) in [4.78, 5) is 29.8. The second-order valence-corrected chi connectivity index (χ2v) is 6.10. The van der Waals surface area contributed by atoms with Crippen LogP contribution in [0.2, 0.25) is 5.02 Å². The molecule has 3 N–H and O–H groups in total. The van der Waals surface area contributed by atoms with E-state index in [1.165, 1.54) is 0 Å². The Morgan fingerprint density at radius 3 is 2.46 bits per heavy atom. The molecule has 3 amide bonds. The average Bonchev–Trinajstić information content (AvgIpc) is 3.16. The Labute approximate surface area is 155 Å². The van der Waals surface area contributed by atoms with Crippen molar-refractivity contribution in [3.63, 3.8) is 0 Å². The van der Waals surface area contributed by atoms with Gasteiger partial charge in [0.15, 0.2) is 0 Å². The van der Waals surface area contributed by atoms with Crippen LogP contribution in [0.25, 0.3) is 0 Å². The minimum atomic E-state index is -0.582. The van der Waals surface area contributed by atoms with Crippen molar-refractivity contribution in [1.82, 2.24) is 15.7 Å². The molecule has 0 saturated heterocycles. The highest BCUT2D eigenvalue weighted by Gasteiger charge is 2.24. The number of rotatable bonds is 4. The maximum atomic E-state index is 12.5. The fraction of sp³-hybridized carbons (Fsp3) is 0.167. The van der Waals surface area contributed by atoms with Crippen LogP contribution in [-0.2, 0) is 6.54 Å². The van der Waals surface area contributed by atoms with Crippen molar-refractivity contribution in [2.45, 2.75) is 6.54 Å². The Bertz CT molecular complexity index is 835. The van der Waals surface area contributed by atoms with Crippen LogP contribution in [0.3, 0.4) is 0 Å². The average molecular weight is 373 g/mol. The quantitative estimate of drug-likeness (QED) is 0.568. The molecule has 0 aliphatic carbocycles. The second-order valence-electron chi connectivity index (χ2n) is 5.66. The van der Waals surface area contributed by atoms with Crippen molar-refractivity contribution in [1.29, 1.82) is 0 Å². The maximum Gasteiger partial charge on any atom is 0.323 e. The monoisotopic (exact) mass is 372 g/mol. The van der Waals surface area contributed by atoms with Gasteiger partial charge in [-0.15, -0.1) is 0 Å². The first-order valence-electron chi connectivity index (χ1n) is 7.97. The molecule has 0 aromatic heterocycles. The lowest BCUT2D eigenvalue weighted by atomic mass is 10.1. The normalized spacial score (nSPS) is 13.3. The molecule has 0 fully saturated rings. The van der Waals surface area contributed by atoms with E-state index in [1.54, 1.807) is 46.8 Å². The number of hydrogen-bond acceptors (Lipinski definition) is 4. The van der Waals surface area contributed by atoms with Crippen molar-refractivity contribution in [3.05, 3.63) is 70.2 Å². The van der Waals surface area contributed by atoms with Crippen LogP contribution in [0.15, 0.2) is 53.5 Å². The van der Waals surface area contributed by atoms with Crippen LogP contribution in [0.4, 0.5) is 4.79 Å². The molecule has 26 heavy (non-hydrogen) atoms. The van der Waals surface area contributed by atoms with Crippen molar-refractivity contribution >= 4 is 29.4 Å². The number of amidine groups is 1. The molecule has 134 valence electrons. The molecule has 8 heteroatoms. The number of benzene rings is 2. The highest BCUT2D eigenvalue weighted by Crippen LogP contribution is 2.15. The first kappa shape index (κ1) is 17.9. The molecule has 3 rings (SSSR count). The van der Waals surface area contributed by atoms with Gasteiger partial charge in [0.05, 0.1) is 6.54 Å². The van der Waals surface area contributed by atoms with E-state index in [-0.39, 0.29) is 6.03 Å². The largest absolute Gasteiger partial charge is 0.334 e. The Hall–Kier alpha value is -2.90. The second kappa shape index (κ2) is 7.99. The van der Waals surface area contributed by atoms with Gasteiger partial charge < -0.3 is 5.32 Å². The summed E-state index contributed by atoms with van der Waals surface area (Å²) in [6.45, 7) is 1.38. The Balaban J connectivity index is 1.62. The number of carbonyl (C=O) groups excluding carboxylic acids is 2. The summed E-state index contributed by atoms with van der Waals surface area (Å²) in [7, 11) is 0. The molecule has 2 aromatic carbocycles. The van der Waals surface area contributed by atoms with Gasteiger partial charge in [0, 0.05) is 29.2 Å². The van der Waals surface area contributed by atoms with Crippen LogP contribution in [-0.4, -0.2) is 41.0 Å². The van der Waals surface area contributed by atoms with E-state index >= 15 is 0 Å². The summed E-state index contributed by atoms with van der Waals surface area (Å²) in [5.74, 6) is 0.0376. The fourth-order valence-electron chi connectivity index (χ4n) is 2.60. The van der Waals surface area contributed by atoms with Crippen LogP contribution in [0.1, 0.15) is 21.5 Å². The summed E-state index contributed by atoms with van der Waals surface area (Å²) in [5.41, 5.74) is 3.57. The summed E-state index contributed by atoms with van der Waals surface area (Å²) in [6, 6.07) is 13.5. The first-order valence-corrected chi connectivity index (χ1v) is 8.35. The van der Waals surface area contributed by atoms with E-state index in [1.807, 2.05) is 12.1 Å². The molecule has 0 unspecified atom stereocenters. The lowest BCUT2D eigenvalue weighted by Gasteiger charge is -2.19. The van der Waals surface area contributed by atoms with E-state index in [0.29, 0.717) is 36.1 Å². The third-order valence-corrected chi connectivity index (χ3v) is 4.20. The number of aliphatic imine (C=N–C) groups is 1. The molecule has 0 saturated carbocycles. The smallest absolute Gasteiger partial charge is 0.323 e. The number of hydrogen-bond donors (Lipinski definition) is 3. The molecule has 2 aromatic rings. The van der Waals surface area contributed by atoms with E-state index in [9.17, 15) is 9.59 Å². The van der Waals surface area contributed by atoms with E-state index in [4.69, 9.17) is 16.8 Å². The van der Waals surface area contributed by atoms with Crippen molar-refractivity contribution < 1.29 is 14.8 Å². The van der Waals surface area contributed by atoms with Crippen LogP contribution < -0.4 is 10.8 Å². The zero-order valence-electron chi connectivity index (χ0n) is 13.8. The van der Waals surface area contributed by atoms with Crippen LogP contribution >= 0.6 is 11.6 Å². The number of hydroxylamine groups is 1. The number of amides is 3. The predicted molar refractivity (Wildman–Crippen MR) is 97.5 cm³/mol. The molecule has 0 spiro atoms. The van der Waals surface area contributed by atoms with Gasteiger partial charge in [-0.2, -0.15) is 0 Å². The fourth-order valence-corrected chi connectivity index (χ4v) is 2.73. The summed E-state index contributed by atoms with van der Waals surface area (Å²) in [6.07, 6.45) is 0. The van der Waals surface area contributed by atoms with Gasteiger partial charge in [0.1, 0.15) is 5.84 Å². The maximum absolute atomic E-state index is 12.5. The minimum Gasteiger partial charge on any atom is -0.334 e. The SMILES string of the molecule is O=C(NO)c1ccc(CNC(=O)N2CCN=C2c2ccc(Cl)cc2)cc1. The number of nitrogens with one attached hydrogen (secondary N) is 2. The molecule has 0 radical (unpaired) electrons. The summed E-state index contributed by atoms with van der Waals surface area (Å²) < 4.78 is 0. The zero-order valence-corrected chi connectivity index (χ0v) is 14.5. The number of urea groups is 1. The van der Waals surface area contributed by atoms with E-state index in [2.05, 4.69) is 10.3 Å². The Morgan fingerprint density at radius 2 is 1.81 bits per heavy atom. The van der Waals surface area contributed by atoms with Crippen LogP contribution in [0.5, 0.6) is 0 Å². The highest BCUT2D eigenvalue weighted by molar-refractivity contribution is 6.30. The number of carbonyl (C=O) groups is 2. The van der Waals surface area contributed by atoms with Gasteiger partial charge in [0.25, 0.3) is 5.91 Å². The van der Waals surface area contributed by atoms with Gasteiger partial charge in [-0.25, -0.2) is 10.3 Å². The van der Waals surface area contributed by atoms with Crippen molar-refractivity contribution in [2.24, 2.45) is 4.99 Å². The lowest BCUT2D eigenvalue weighted by molar-refractivity contribution is 0.0706.